The molecule has 1 atom stereocenters. The predicted molar refractivity (Wildman–Crippen MR) is 306 cm³/mol. The summed E-state index contributed by atoms with van der Waals surface area (Å²) in [6.07, 6.45) is 81.9. The van der Waals surface area contributed by atoms with Crippen LogP contribution < -0.4 is 0 Å². The van der Waals surface area contributed by atoms with E-state index in [9.17, 15) is 14.4 Å². The van der Waals surface area contributed by atoms with E-state index in [1.165, 1.54) is 70.6 Å². The standard InChI is InChI=1S/C65H104O6/c1-4-7-10-13-16-19-22-25-27-28-29-30-31-32-33-34-35-36-38-40-43-46-49-52-55-58-64(67)70-61-62(60-69-63(66)57-54-51-48-45-42-39-24-21-18-15-12-9-6-3)71-65(68)59-56-53-50-47-44-41-37-26-23-20-17-14-11-8-5-2/h7-8,10-12,15-17,19-21,24-27,29-30,37,44,47,53,56,62H,4-6,9,13-14,18,22-23,28,31-36,38-43,45-46,48-52,54-55,57-61H2,1-3H3/b10-7-,11-8-,15-12-,19-16-,20-17-,24-21-,27-25-,30-29-,37-26-,47-44-,56-53-. The maximum atomic E-state index is 12.8. The van der Waals surface area contributed by atoms with Crippen LogP contribution in [0.1, 0.15) is 239 Å². The highest BCUT2D eigenvalue weighted by atomic mass is 16.6. The third-order valence-electron chi connectivity index (χ3n) is 11.6. The zero-order chi connectivity index (χ0) is 51.4. The molecular formula is C65H104O6. The number of esters is 3. The highest BCUT2D eigenvalue weighted by Crippen LogP contribution is 2.14. The third-order valence-corrected chi connectivity index (χ3v) is 11.6. The van der Waals surface area contributed by atoms with Gasteiger partial charge in [-0.05, 0) is 109 Å². The molecule has 1 unspecified atom stereocenters. The lowest BCUT2D eigenvalue weighted by Gasteiger charge is -2.18. The molecule has 0 N–H and O–H groups in total. The second-order valence-corrected chi connectivity index (χ2v) is 18.4. The van der Waals surface area contributed by atoms with Crippen molar-refractivity contribution in [3.8, 4) is 0 Å². The topological polar surface area (TPSA) is 78.9 Å². The molecular weight excluding hydrogens is 877 g/mol. The van der Waals surface area contributed by atoms with Crippen LogP contribution in [-0.4, -0.2) is 37.2 Å². The van der Waals surface area contributed by atoms with E-state index in [4.69, 9.17) is 14.2 Å². The molecule has 0 saturated heterocycles. The molecule has 0 radical (unpaired) electrons. The highest BCUT2D eigenvalue weighted by Gasteiger charge is 2.19. The summed E-state index contributed by atoms with van der Waals surface area (Å²) < 4.78 is 16.7. The van der Waals surface area contributed by atoms with Crippen molar-refractivity contribution in [1.29, 1.82) is 0 Å². The van der Waals surface area contributed by atoms with E-state index in [1.54, 1.807) is 6.08 Å². The molecule has 0 aromatic rings. The number of allylic oxidation sites excluding steroid dienone is 21. The minimum Gasteiger partial charge on any atom is -0.462 e. The normalized spacial score (nSPS) is 13.1. The fraction of sp³-hybridized carbons (Fsp3) is 0.615. The SMILES string of the molecule is CC/C=C\C/C=C\C/C=C\C/C=C\C/C=C\CC(=O)OC(COC(=O)CCCCCCC/C=C\C/C=C\CCC)COC(=O)CCCCCCCCCCCCCC/C=C\C/C=C\C/C=C\C/C=C\CC. The Balaban J connectivity index is 4.40. The molecule has 0 aromatic heterocycles. The van der Waals surface area contributed by atoms with Crippen molar-refractivity contribution in [3.63, 3.8) is 0 Å². The minimum absolute atomic E-state index is 0.0888. The first-order chi connectivity index (χ1) is 35.0. The van der Waals surface area contributed by atoms with Gasteiger partial charge in [-0.15, -0.1) is 0 Å². The van der Waals surface area contributed by atoms with Crippen LogP contribution in [0.2, 0.25) is 0 Å². The molecule has 6 heteroatoms. The van der Waals surface area contributed by atoms with Gasteiger partial charge in [-0.2, -0.15) is 0 Å². The molecule has 6 nitrogen and oxygen atoms in total. The summed E-state index contributed by atoms with van der Waals surface area (Å²) in [6.45, 7) is 6.24. The average Bonchev–Trinajstić information content (AvgIpc) is 3.37. The summed E-state index contributed by atoms with van der Waals surface area (Å²) in [5, 5.41) is 0. The summed E-state index contributed by atoms with van der Waals surface area (Å²) in [5.41, 5.74) is 0. The Morgan fingerprint density at radius 3 is 0.930 bits per heavy atom. The van der Waals surface area contributed by atoms with Crippen LogP contribution in [0.5, 0.6) is 0 Å². The Morgan fingerprint density at radius 2 is 0.592 bits per heavy atom. The van der Waals surface area contributed by atoms with Crippen molar-refractivity contribution in [2.45, 2.75) is 245 Å². The highest BCUT2D eigenvalue weighted by molar-refractivity contribution is 5.72. The number of ether oxygens (including phenoxy) is 3. The van der Waals surface area contributed by atoms with Gasteiger partial charge >= 0.3 is 17.9 Å². The number of unbranched alkanes of at least 4 members (excludes halogenated alkanes) is 18. The molecule has 0 amide bonds. The monoisotopic (exact) mass is 981 g/mol. The minimum atomic E-state index is -0.843. The zero-order valence-corrected chi connectivity index (χ0v) is 45.7. The van der Waals surface area contributed by atoms with Crippen LogP contribution in [0.25, 0.3) is 0 Å². The molecule has 0 saturated carbocycles. The van der Waals surface area contributed by atoms with Gasteiger partial charge in [0, 0.05) is 12.8 Å². The van der Waals surface area contributed by atoms with Crippen LogP contribution in [-0.2, 0) is 28.6 Å². The van der Waals surface area contributed by atoms with Gasteiger partial charge < -0.3 is 14.2 Å². The van der Waals surface area contributed by atoms with Gasteiger partial charge in [0.2, 0.25) is 0 Å². The summed E-state index contributed by atoms with van der Waals surface area (Å²) in [6, 6.07) is 0. The molecule has 0 spiro atoms. The van der Waals surface area contributed by atoms with Crippen molar-refractivity contribution in [2.75, 3.05) is 13.2 Å². The van der Waals surface area contributed by atoms with E-state index in [0.717, 1.165) is 122 Å². The zero-order valence-electron chi connectivity index (χ0n) is 45.7. The molecule has 0 aliphatic heterocycles. The van der Waals surface area contributed by atoms with Crippen LogP contribution >= 0.6 is 0 Å². The lowest BCUT2D eigenvalue weighted by Crippen LogP contribution is -2.30. The Hall–Kier alpha value is -4.45. The molecule has 400 valence electrons. The quantitative estimate of drug-likeness (QED) is 0.0262. The van der Waals surface area contributed by atoms with Gasteiger partial charge in [-0.3, -0.25) is 14.4 Å². The Morgan fingerprint density at radius 1 is 0.310 bits per heavy atom. The molecule has 0 aromatic carbocycles. The maximum absolute atomic E-state index is 12.8. The molecule has 71 heavy (non-hydrogen) atoms. The molecule has 0 bridgehead atoms. The van der Waals surface area contributed by atoms with Gasteiger partial charge in [-0.1, -0.05) is 244 Å². The summed E-state index contributed by atoms with van der Waals surface area (Å²) in [5.74, 6) is -1.08. The van der Waals surface area contributed by atoms with E-state index in [1.807, 2.05) is 6.08 Å². The van der Waals surface area contributed by atoms with Gasteiger partial charge in [0.1, 0.15) is 13.2 Å². The van der Waals surface area contributed by atoms with Gasteiger partial charge in [0.15, 0.2) is 6.10 Å². The van der Waals surface area contributed by atoms with E-state index >= 15 is 0 Å². The lowest BCUT2D eigenvalue weighted by atomic mass is 10.0. The van der Waals surface area contributed by atoms with E-state index < -0.39 is 12.1 Å². The average molecular weight is 982 g/mol. The van der Waals surface area contributed by atoms with Crippen LogP contribution in [0.15, 0.2) is 134 Å². The van der Waals surface area contributed by atoms with E-state index in [2.05, 4.69) is 142 Å². The summed E-state index contributed by atoms with van der Waals surface area (Å²) in [4.78, 5) is 38.1. The Bertz CT molecular complexity index is 1550. The number of carbonyl (C=O) groups is 3. The van der Waals surface area contributed by atoms with Crippen LogP contribution in [0.3, 0.4) is 0 Å². The first kappa shape index (κ1) is 66.6. The second-order valence-electron chi connectivity index (χ2n) is 18.4. The first-order valence-corrected chi connectivity index (χ1v) is 28.7. The number of rotatable bonds is 50. The van der Waals surface area contributed by atoms with Crippen molar-refractivity contribution < 1.29 is 28.6 Å². The summed E-state index contributed by atoms with van der Waals surface area (Å²) >= 11 is 0. The third kappa shape index (κ3) is 56.3. The van der Waals surface area contributed by atoms with Crippen LogP contribution in [0.4, 0.5) is 0 Å². The number of hydrogen-bond acceptors (Lipinski definition) is 6. The van der Waals surface area contributed by atoms with E-state index in [0.29, 0.717) is 19.3 Å². The molecule has 0 rings (SSSR count). The Kier molecular flexibility index (Phi) is 54.5. The van der Waals surface area contributed by atoms with E-state index in [-0.39, 0.29) is 31.6 Å². The first-order valence-electron chi connectivity index (χ1n) is 28.7. The van der Waals surface area contributed by atoms with Gasteiger partial charge in [0.25, 0.3) is 0 Å². The van der Waals surface area contributed by atoms with Crippen LogP contribution in [0, 0.1) is 0 Å². The van der Waals surface area contributed by atoms with Crippen molar-refractivity contribution in [1.82, 2.24) is 0 Å². The summed E-state index contributed by atoms with van der Waals surface area (Å²) in [7, 11) is 0. The van der Waals surface area contributed by atoms with Crippen molar-refractivity contribution in [2.24, 2.45) is 0 Å². The fourth-order valence-corrected chi connectivity index (χ4v) is 7.43. The molecule has 0 fully saturated rings. The maximum Gasteiger partial charge on any atom is 0.310 e. The predicted octanol–water partition coefficient (Wildman–Crippen LogP) is 19.4. The second kappa shape index (κ2) is 58.1. The molecule has 0 aliphatic rings. The fourth-order valence-electron chi connectivity index (χ4n) is 7.43. The Labute approximate surface area is 436 Å². The smallest absolute Gasteiger partial charge is 0.310 e. The largest absolute Gasteiger partial charge is 0.462 e. The molecule has 0 heterocycles. The molecule has 0 aliphatic carbocycles. The lowest BCUT2D eigenvalue weighted by molar-refractivity contribution is -0.166. The van der Waals surface area contributed by atoms with Gasteiger partial charge in [0.05, 0.1) is 6.42 Å². The number of hydrogen-bond donors (Lipinski definition) is 0. The van der Waals surface area contributed by atoms with Crippen molar-refractivity contribution >= 4 is 17.9 Å². The van der Waals surface area contributed by atoms with Gasteiger partial charge in [-0.25, -0.2) is 0 Å². The number of carbonyl (C=O) groups excluding carboxylic acids is 3. The van der Waals surface area contributed by atoms with Crippen molar-refractivity contribution in [3.05, 3.63) is 134 Å².